The Kier molecular flexibility index (Phi) is 5.75. The lowest BCUT2D eigenvalue weighted by molar-refractivity contribution is -0.137. The summed E-state index contributed by atoms with van der Waals surface area (Å²) in [6.45, 7) is 1.86. The van der Waals surface area contributed by atoms with Gasteiger partial charge in [-0.25, -0.2) is 4.98 Å². The number of esters is 1. The first kappa shape index (κ1) is 17.5. The van der Waals surface area contributed by atoms with Crippen molar-refractivity contribution in [2.45, 2.75) is 17.4 Å². The summed E-state index contributed by atoms with van der Waals surface area (Å²) in [7, 11) is 3.52. The third-order valence-corrected chi connectivity index (χ3v) is 5.18. The summed E-state index contributed by atoms with van der Waals surface area (Å²) in [5.41, 5.74) is 2.67. The van der Waals surface area contributed by atoms with E-state index in [0.29, 0.717) is 10.9 Å². The minimum absolute atomic E-state index is 0.233. The smallest absolute Gasteiger partial charge is 0.316 e. The van der Waals surface area contributed by atoms with E-state index in [9.17, 15) is 4.79 Å². The van der Waals surface area contributed by atoms with Gasteiger partial charge >= 0.3 is 5.97 Å². The van der Waals surface area contributed by atoms with Crippen LogP contribution in [0.4, 0.5) is 11.5 Å². The Labute approximate surface area is 152 Å². The van der Waals surface area contributed by atoms with E-state index < -0.39 is 0 Å². The molecule has 1 atom stereocenters. The highest BCUT2D eigenvalue weighted by molar-refractivity contribution is 7.99. The van der Waals surface area contributed by atoms with Crippen molar-refractivity contribution in [1.29, 1.82) is 0 Å². The first-order valence-electron chi connectivity index (χ1n) is 8.23. The van der Waals surface area contributed by atoms with Crippen LogP contribution in [0.5, 0.6) is 0 Å². The van der Waals surface area contributed by atoms with Crippen LogP contribution in [0.1, 0.15) is 17.9 Å². The molecule has 1 aromatic carbocycles. The average Bonchev–Trinajstić information content (AvgIpc) is 2.66. The van der Waals surface area contributed by atoms with Gasteiger partial charge in [-0.2, -0.15) is 0 Å². The third-order valence-electron chi connectivity index (χ3n) is 4.31. The molecule has 6 nitrogen and oxygen atoms in total. The van der Waals surface area contributed by atoms with Crippen LogP contribution in [0, 0.1) is 0 Å². The number of rotatable bonds is 6. The highest BCUT2D eigenvalue weighted by atomic mass is 32.2. The summed E-state index contributed by atoms with van der Waals surface area (Å²) < 4.78 is 4.64. The minimum atomic E-state index is -0.270. The number of para-hydroxylation sites is 1. The molecule has 0 saturated heterocycles. The Morgan fingerprint density at radius 3 is 3.08 bits per heavy atom. The molecular weight excluding hydrogens is 336 g/mol. The predicted molar refractivity (Wildman–Crippen MR) is 100 cm³/mol. The van der Waals surface area contributed by atoms with E-state index in [2.05, 4.69) is 56.2 Å². The number of thioether (sulfide) groups is 1. The summed E-state index contributed by atoms with van der Waals surface area (Å²) in [5.74, 6) is 1.14. The molecule has 7 heteroatoms. The van der Waals surface area contributed by atoms with Gasteiger partial charge in [0.2, 0.25) is 0 Å². The first-order valence-corrected chi connectivity index (χ1v) is 9.21. The van der Waals surface area contributed by atoms with Crippen LogP contribution < -0.4 is 10.2 Å². The van der Waals surface area contributed by atoms with Crippen molar-refractivity contribution < 1.29 is 9.53 Å². The number of benzene rings is 1. The molecule has 1 aliphatic heterocycles. The van der Waals surface area contributed by atoms with E-state index in [1.54, 1.807) is 12.4 Å². The maximum absolute atomic E-state index is 11.2. The van der Waals surface area contributed by atoms with Gasteiger partial charge in [-0.3, -0.25) is 9.78 Å². The number of nitrogens with one attached hydrogen (secondary N) is 1. The van der Waals surface area contributed by atoms with Crippen molar-refractivity contribution in [2.24, 2.45) is 0 Å². The van der Waals surface area contributed by atoms with Crippen molar-refractivity contribution in [3.63, 3.8) is 0 Å². The second kappa shape index (κ2) is 8.20. The number of hydrogen-bond donors (Lipinski definition) is 1. The van der Waals surface area contributed by atoms with Crippen LogP contribution in [0.3, 0.4) is 0 Å². The quantitative estimate of drug-likeness (QED) is 0.629. The fourth-order valence-corrected chi connectivity index (χ4v) is 3.62. The van der Waals surface area contributed by atoms with Gasteiger partial charge in [0.15, 0.2) is 0 Å². The van der Waals surface area contributed by atoms with Crippen LogP contribution in [-0.2, 0) is 9.53 Å². The number of nitrogens with zero attached hydrogens (tertiary/aromatic N) is 3. The molecule has 0 spiro atoms. The molecule has 1 aromatic heterocycles. The molecule has 25 heavy (non-hydrogen) atoms. The van der Waals surface area contributed by atoms with E-state index in [1.165, 1.54) is 30.1 Å². The Morgan fingerprint density at radius 2 is 2.24 bits per heavy atom. The third kappa shape index (κ3) is 4.42. The lowest BCUT2D eigenvalue weighted by Gasteiger charge is -2.33. The average molecular weight is 358 g/mol. The van der Waals surface area contributed by atoms with Gasteiger partial charge in [0.25, 0.3) is 0 Å². The molecule has 0 amide bonds. The number of aromatic nitrogens is 2. The van der Waals surface area contributed by atoms with E-state index in [0.717, 1.165) is 25.3 Å². The number of carbonyl (C=O) groups excluding carboxylic acids is 1. The normalized spacial score (nSPS) is 16.2. The fourth-order valence-electron chi connectivity index (χ4n) is 2.94. The number of methoxy groups -OCH3 is 1. The van der Waals surface area contributed by atoms with E-state index in [-0.39, 0.29) is 11.7 Å². The van der Waals surface area contributed by atoms with Crippen LogP contribution >= 0.6 is 11.8 Å². The Balaban J connectivity index is 1.62. The maximum Gasteiger partial charge on any atom is 0.316 e. The lowest BCUT2D eigenvalue weighted by atomic mass is 9.90. The molecule has 3 rings (SSSR count). The molecule has 1 aliphatic rings. The van der Waals surface area contributed by atoms with Crippen molar-refractivity contribution in [3.8, 4) is 0 Å². The molecule has 0 bridgehead atoms. The molecular formula is C18H22N4O2S. The predicted octanol–water partition coefficient (Wildman–Crippen LogP) is 2.78. The van der Waals surface area contributed by atoms with Gasteiger partial charge in [-0.15, -0.1) is 0 Å². The number of fused-ring (bicyclic) bond motifs is 1. The molecule has 2 heterocycles. The topological polar surface area (TPSA) is 67.3 Å². The van der Waals surface area contributed by atoms with Gasteiger partial charge in [0.1, 0.15) is 10.8 Å². The number of carbonyl (C=O) groups is 1. The second-order valence-electron chi connectivity index (χ2n) is 5.95. The van der Waals surface area contributed by atoms with Crippen molar-refractivity contribution >= 4 is 29.2 Å². The van der Waals surface area contributed by atoms with Crippen LogP contribution in [0.2, 0.25) is 0 Å². The van der Waals surface area contributed by atoms with Crippen molar-refractivity contribution in [2.75, 3.05) is 43.2 Å². The number of anilines is 2. The first-order chi connectivity index (χ1) is 12.2. The van der Waals surface area contributed by atoms with Gasteiger partial charge in [0.05, 0.1) is 25.3 Å². The van der Waals surface area contributed by atoms with Gasteiger partial charge in [0, 0.05) is 31.7 Å². The molecule has 1 unspecified atom stereocenters. The zero-order valence-electron chi connectivity index (χ0n) is 14.4. The highest BCUT2D eigenvalue weighted by Gasteiger charge is 2.22. The molecule has 1 N–H and O–H groups in total. The zero-order chi connectivity index (χ0) is 17.6. The monoisotopic (exact) mass is 358 g/mol. The summed E-state index contributed by atoms with van der Waals surface area (Å²) in [6, 6.07) is 8.55. The van der Waals surface area contributed by atoms with Crippen LogP contribution in [-0.4, -0.2) is 48.9 Å². The lowest BCUT2D eigenvalue weighted by Crippen LogP contribution is -2.29. The Bertz CT molecular complexity index is 741. The Morgan fingerprint density at radius 1 is 1.40 bits per heavy atom. The van der Waals surface area contributed by atoms with Gasteiger partial charge in [-0.05, 0) is 18.1 Å². The molecule has 2 aromatic rings. The van der Waals surface area contributed by atoms with Crippen molar-refractivity contribution in [3.05, 3.63) is 42.2 Å². The molecule has 0 fully saturated rings. The summed E-state index contributed by atoms with van der Waals surface area (Å²) in [5, 5.41) is 4.10. The van der Waals surface area contributed by atoms with Gasteiger partial charge in [-0.1, -0.05) is 30.0 Å². The standard InChI is InChI=1S/C18H22N4O2S/c1-22-8-7-13(14-5-3-4-6-15(14)22)9-20-16-10-19-11-17(21-16)25-12-18(23)24-2/h3-6,10-11,13H,7-9,12H2,1-2H3,(H,20,21). The number of hydrogen-bond acceptors (Lipinski definition) is 7. The van der Waals surface area contributed by atoms with Crippen LogP contribution in [0.15, 0.2) is 41.7 Å². The number of ether oxygens (including phenoxy) is 1. The van der Waals surface area contributed by atoms with E-state index in [1.807, 2.05) is 0 Å². The van der Waals surface area contributed by atoms with Gasteiger partial charge < -0.3 is 15.0 Å². The molecule has 0 radical (unpaired) electrons. The molecule has 132 valence electrons. The zero-order valence-corrected chi connectivity index (χ0v) is 15.3. The summed E-state index contributed by atoms with van der Waals surface area (Å²) >= 11 is 1.32. The minimum Gasteiger partial charge on any atom is -0.468 e. The van der Waals surface area contributed by atoms with E-state index in [4.69, 9.17) is 0 Å². The SMILES string of the molecule is COC(=O)CSc1cncc(NCC2CCN(C)c3ccccc32)n1. The largest absolute Gasteiger partial charge is 0.468 e. The fraction of sp³-hybridized carbons (Fsp3) is 0.389. The van der Waals surface area contributed by atoms with Crippen molar-refractivity contribution in [1.82, 2.24) is 9.97 Å². The summed E-state index contributed by atoms with van der Waals surface area (Å²) in [4.78, 5) is 22.2. The second-order valence-corrected chi connectivity index (χ2v) is 6.95. The van der Waals surface area contributed by atoms with Crippen LogP contribution in [0.25, 0.3) is 0 Å². The highest BCUT2D eigenvalue weighted by Crippen LogP contribution is 2.34. The molecule has 0 aliphatic carbocycles. The maximum atomic E-state index is 11.2. The van der Waals surface area contributed by atoms with E-state index >= 15 is 0 Å². The Hall–Kier alpha value is -2.28. The summed E-state index contributed by atoms with van der Waals surface area (Å²) in [6.07, 6.45) is 4.47. The molecule has 0 saturated carbocycles.